The zero-order valence-corrected chi connectivity index (χ0v) is 28.5. The van der Waals surface area contributed by atoms with Crippen LogP contribution in [0.25, 0.3) is 0 Å². The van der Waals surface area contributed by atoms with Crippen molar-refractivity contribution in [3.8, 4) is 0 Å². The van der Waals surface area contributed by atoms with Crippen molar-refractivity contribution in [1.29, 1.82) is 0 Å². The number of carboxylic acid groups (broad SMARTS) is 5. The minimum absolute atomic E-state index is 0.169. The molecule has 0 aliphatic carbocycles. The first-order valence-electron chi connectivity index (χ1n) is 14.3. The number of cyclic esters (lactones) is 1. The van der Waals surface area contributed by atoms with Gasteiger partial charge in [0.15, 0.2) is 0 Å². The SMILES string of the molecule is CN(C(=O)O)C(=O)C(CSC[C@]1(C(=O)O)OC(=O)C(=O)C1SCC(NC(=O)CCC(N)C(=O)O)C(=O)N(C)C(=O)O)NC(=O)CCC(N)C(=O)O. The third-order valence-electron chi connectivity index (χ3n) is 7.03. The van der Waals surface area contributed by atoms with Gasteiger partial charge in [0.2, 0.25) is 17.4 Å². The molecule has 1 fully saturated rings. The number of nitrogens with one attached hydrogen (secondary N) is 2. The molecule has 25 heteroatoms. The van der Waals surface area contributed by atoms with Gasteiger partial charge >= 0.3 is 36.1 Å². The summed E-state index contributed by atoms with van der Waals surface area (Å²) in [5, 5.41) is 48.9. The van der Waals surface area contributed by atoms with Crippen molar-refractivity contribution in [3.05, 3.63) is 0 Å². The van der Waals surface area contributed by atoms with Crippen LogP contribution in [0.2, 0.25) is 0 Å². The predicted octanol–water partition coefficient (Wildman–Crippen LogP) is -3.60. The Labute approximate surface area is 295 Å². The number of thioether (sulfide) groups is 2. The van der Waals surface area contributed by atoms with E-state index in [9.17, 15) is 68.1 Å². The van der Waals surface area contributed by atoms with Crippen molar-refractivity contribution >= 4 is 89.0 Å². The highest BCUT2D eigenvalue weighted by atomic mass is 32.2. The summed E-state index contributed by atoms with van der Waals surface area (Å²) < 4.78 is 4.96. The number of amides is 6. The first kappa shape index (κ1) is 44.0. The highest BCUT2D eigenvalue weighted by molar-refractivity contribution is 8.01. The highest BCUT2D eigenvalue weighted by Crippen LogP contribution is 2.38. The number of hydrogen-bond donors (Lipinski definition) is 9. The molecule has 11 N–H and O–H groups in total. The number of Topliss-reactive ketones (excluding diaryl/α,β-unsaturated/α-hetero) is 1. The van der Waals surface area contributed by atoms with Crippen LogP contribution in [0, 0.1) is 0 Å². The lowest BCUT2D eigenvalue weighted by Crippen LogP contribution is -2.53. The molecule has 0 spiro atoms. The van der Waals surface area contributed by atoms with Gasteiger partial charge in [-0.15, -0.1) is 11.8 Å². The van der Waals surface area contributed by atoms with Crippen molar-refractivity contribution in [2.45, 2.75) is 60.7 Å². The fourth-order valence-corrected chi connectivity index (χ4v) is 6.70. The number of esters is 1. The van der Waals surface area contributed by atoms with E-state index in [-0.39, 0.29) is 16.2 Å². The van der Waals surface area contributed by atoms with Crippen LogP contribution in [0.4, 0.5) is 9.59 Å². The summed E-state index contributed by atoms with van der Waals surface area (Å²) in [6.45, 7) is 0. The molecule has 51 heavy (non-hydrogen) atoms. The van der Waals surface area contributed by atoms with Gasteiger partial charge in [-0.25, -0.2) is 29.0 Å². The van der Waals surface area contributed by atoms with E-state index >= 15 is 0 Å². The maximum atomic E-state index is 12.9. The van der Waals surface area contributed by atoms with Gasteiger partial charge in [0.1, 0.15) is 29.4 Å². The average Bonchev–Trinajstić information content (AvgIpc) is 3.30. The van der Waals surface area contributed by atoms with Crippen LogP contribution in [0.3, 0.4) is 0 Å². The number of nitrogens with zero attached hydrogens (tertiary/aromatic N) is 2. The normalized spacial score (nSPS) is 19.0. The fraction of sp³-hybridized carbons (Fsp3) is 0.577. The van der Waals surface area contributed by atoms with Crippen LogP contribution in [-0.2, 0) is 47.9 Å². The number of ether oxygens (including phenoxy) is 1. The molecule has 284 valence electrons. The zero-order valence-electron chi connectivity index (χ0n) is 26.8. The maximum absolute atomic E-state index is 12.9. The van der Waals surface area contributed by atoms with Gasteiger partial charge in [0.05, 0.1) is 0 Å². The minimum Gasteiger partial charge on any atom is -0.480 e. The largest absolute Gasteiger partial charge is 0.480 e. The van der Waals surface area contributed by atoms with E-state index in [4.69, 9.17) is 26.4 Å². The van der Waals surface area contributed by atoms with E-state index in [1.54, 1.807) is 0 Å². The van der Waals surface area contributed by atoms with Crippen molar-refractivity contribution in [3.63, 3.8) is 0 Å². The van der Waals surface area contributed by atoms with E-state index in [1.807, 2.05) is 0 Å². The fourth-order valence-electron chi connectivity index (χ4n) is 4.00. The predicted molar refractivity (Wildman–Crippen MR) is 170 cm³/mol. The van der Waals surface area contributed by atoms with Crippen LogP contribution in [-0.4, -0.2) is 167 Å². The molecule has 1 rings (SSSR count). The number of hydrogen-bond acceptors (Lipinski definition) is 16. The third-order valence-corrected chi connectivity index (χ3v) is 9.69. The highest BCUT2D eigenvalue weighted by Gasteiger charge is 2.61. The van der Waals surface area contributed by atoms with Crippen LogP contribution in [0.1, 0.15) is 25.7 Å². The molecule has 0 saturated carbocycles. The van der Waals surface area contributed by atoms with Crippen molar-refractivity contribution < 1.29 is 83.0 Å². The van der Waals surface area contributed by atoms with Crippen LogP contribution < -0.4 is 22.1 Å². The van der Waals surface area contributed by atoms with Gasteiger partial charge in [-0.05, 0) is 12.8 Å². The summed E-state index contributed by atoms with van der Waals surface area (Å²) in [7, 11) is 1.66. The quantitative estimate of drug-likeness (QED) is 0.0426. The molecule has 5 unspecified atom stereocenters. The Kier molecular flexibility index (Phi) is 16.7. The number of carbonyl (C=O) groups excluding carboxylic acids is 6. The van der Waals surface area contributed by atoms with Crippen LogP contribution >= 0.6 is 23.5 Å². The molecule has 1 aliphatic rings. The van der Waals surface area contributed by atoms with E-state index < -0.39 is 137 Å². The van der Waals surface area contributed by atoms with E-state index in [2.05, 4.69) is 10.6 Å². The Morgan fingerprint density at radius 3 is 1.55 bits per heavy atom. The van der Waals surface area contributed by atoms with Crippen LogP contribution in [0.5, 0.6) is 0 Å². The molecule has 1 aliphatic heterocycles. The molecule has 23 nitrogen and oxygen atoms in total. The monoisotopic (exact) mass is 768 g/mol. The van der Waals surface area contributed by atoms with Gasteiger partial charge < -0.3 is 52.4 Å². The Bertz CT molecular complexity index is 1450. The molecule has 6 amide bonds. The number of nitrogens with two attached hydrogens (primary N) is 2. The number of rotatable bonds is 20. The minimum atomic E-state index is -2.71. The zero-order chi connectivity index (χ0) is 39.4. The second kappa shape index (κ2) is 19.4. The number of imide groups is 2. The number of likely N-dealkylation sites (N-methyl/N-ethyl adjacent to an activating group) is 2. The molecule has 0 radical (unpaired) electrons. The number of aliphatic carboxylic acids is 3. The van der Waals surface area contributed by atoms with Gasteiger partial charge in [0.25, 0.3) is 17.6 Å². The molecule has 0 bridgehead atoms. The topological polar surface area (TPSA) is 381 Å². The molecular weight excluding hydrogens is 732 g/mol. The molecule has 1 heterocycles. The van der Waals surface area contributed by atoms with Crippen molar-refractivity contribution in [1.82, 2.24) is 20.4 Å². The van der Waals surface area contributed by atoms with E-state index in [1.165, 1.54) is 0 Å². The Balaban J connectivity index is 3.28. The van der Waals surface area contributed by atoms with Crippen molar-refractivity contribution in [2.24, 2.45) is 11.5 Å². The lowest BCUT2D eigenvalue weighted by molar-refractivity contribution is -0.167. The summed E-state index contributed by atoms with van der Waals surface area (Å²) >= 11 is 0.832. The Morgan fingerprint density at radius 1 is 0.765 bits per heavy atom. The number of carboxylic acids is 3. The molecule has 0 aromatic carbocycles. The molecule has 6 atom stereocenters. The average molecular weight is 769 g/mol. The van der Waals surface area contributed by atoms with E-state index in [0.717, 1.165) is 14.1 Å². The molecule has 0 aromatic rings. The standard InChI is InChI=1S/C26H36N6O17S2/c1-31(24(45)46)18(36)12(29-14(33)5-3-10(27)20(38)39)7-50-9-26(23(43)44)17(16(35)22(42)49-26)51-8-13(19(37)32(2)25(47)48)30-15(34)6-4-11(28)21(40)41/h10-13,17H,3-9,27-28H2,1-2H3,(H,29,33)(H,30,34)(H,38,39)(H,40,41)(H,43,44)(H,45,46)(H,47,48)/t10?,11?,12?,13?,17?,26-/m0/s1. The maximum Gasteiger partial charge on any atom is 0.413 e. The first-order valence-corrected chi connectivity index (χ1v) is 16.5. The molecule has 0 aromatic heterocycles. The Morgan fingerprint density at radius 2 is 1.18 bits per heavy atom. The summed E-state index contributed by atoms with van der Waals surface area (Å²) in [6.07, 6.45) is -5.32. The summed E-state index contributed by atoms with van der Waals surface area (Å²) in [5.41, 5.74) is 8.02. The number of carbonyl (C=O) groups is 11. The van der Waals surface area contributed by atoms with Crippen LogP contribution in [0.15, 0.2) is 0 Å². The molecule has 1 saturated heterocycles. The number of ketones is 1. The lowest BCUT2D eigenvalue weighted by atomic mass is 10.0. The van der Waals surface area contributed by atoms with Crippen molar-refractivity contribution in [2.75, 3.05) is 31.4 Å². The molecular formula is C26H36N6O17S2. The van der Waals surface area contributed by atoms with Gasteiger partial charge in [-0.3, -0.25) is 33.6 Å². The van der Waals surface area contributed by atoms with E-state index in [0.29, 0.717) is 23.5 Å². The van der Waals surface area contributed by atoms with Gasteiger partial charge in [-0.2, -0.15) is 11.8 Å². The summed E-state index contributed by atoms with van der Waals surface area (Å²) in [5.74, 6) is -14.2. The summed E-state index contributed by atoms with van der Waals surface area (Å²) in [4.78, 5) is 134. The lowest BCUT2D eigenvalue weighted by Gasteiger charge is -2.29. The third kappa shape index (κ3) is 12.4. The Hall–Kier alpha value is -5.01. The second-order valence-electron chi connectivity index (χ2n) is 10.7. The van der Waals surface area contributed by atoms with Gasteiger partial charge in [0, 0.05) is 44.2 Å². The van der Waals surface area contributed by atoms with Gasteiger partial charge in [-0.1, -0.05) is 0 Å². The summed E-state index contributed by atoms with van der Waals surface area (Å²) in [6, 6.07) is -6.35. The second-order valence-corrected chi connectivity index (χ2v) is 12.9. The first-order chi connectivity index (χ1) is 23.6. The smallest absolute Gasteiger partial charge is 0.413 e.